The van der Waals surface area contributed by atoms with Gasteiger partial charge in [0.2, 0.25) is 10.0 Å². The molecule has 0 fully saturated rings. The van der Waals surface area contributed by atoms with Gasteiger partial charge in [0.1, 0.15) is 5.82 Å². The molecular weight excluding hydrogens is 281 g/mol. The maximum Gasteiger partial charge on any atom is 0.240 e. The molecule has 0 spiro atoms. The Morgan fingerprint density at radius 2 is 2.10 bits per heavy atom. The minimum absolute atomic E-state index is 0.0254. The van der Waals surface area contributed by atoms with Crippen LogP contribution < -0.4 is 10.5 Å². The molecule has 1 aromatic rings. The number of likely N-dealkylation sites (N-methyl/N-ethyl adjacent to an activating group) is 1. The molecule has 1 aromatic carbocycles. The number of halogens is 1. The van der Waals surface area contributed by atoms with Gasteiger partial charge in [0.25, 0.3) is 0 Å². The average Bonchev–Trinajstić information content (AvgIpc) is 2.40. The molecule has 1 rings (SSSR count). The number of sulfonamides is 1. The zero-order valence-corrected chi connectivity index (χ0v) is 12.9. The van der Waals surface area contributed by atoms with E-state index in [0.29, 0.717) is 19.1 Å². The van der Waals surface area contributed by atoms with E-state index in [1.165, 1.54) is 6.07 Å². The van der Waals surface area contributed by atoms with Crippen LogP contribution in [-0.2, 0) is 10.0 Å². The van der Waals surface area contributed by atoms with Crippen LogP contribution in [-0.4, -0.2) is 39.5 Å². The lowest BCUT2D eigenvalue weighted by Crippen LogP contribution is -2.37. The molecule has 1 unspecified atom stereocenters. The first-order chi connectivity index (χ1) is 9.27. The summed E-state index contributed by atoms with van der Waals surface area (Å²) in [4.78, 5) is 2.05. The van der Waals surface area contributed by atoms with Crippen LogP contribution in [0.4, 0.5) is 10.1 Å². The van der Waals surface area contributed by atoms with Gasteiger partial charge in [0, 0.05) is 19.1 Å². The van der Waals surface area contributed by atoms with Crippen LogP contribution in [0.3, 0.4) is 0 Å². The predicted octanol–water partition coefficient (Wildman–Crippen LogP) is 1.42. The highest BCUT2D eigenvalue weighted by Gasteiger charge is 2.15. The fraction of sp³-hybridized carbons (Fsp3) is 0.538. The first kappa shape index (κ1) is 16.9. The van der Waals surface area contributed by atoms with Crippen molar-refractivity contribution < 1.29 is 12.8 Å². The fourth-order valence-corrected chi connectivity index (χ4v) is 2.72. The Labute approximate surface area is 120 Å². The molecule has 1 atom stereocenters. The molecule has 0 amide bonds. The maximum atomic E-state index is 13.0. The molecule has 0 bridgehead atoms. The highest BCUT2D eigenvalue weighted by Crippen LogP contribution is 2.16. The maximum absolute atomic E-state index is 13.0. The van der Waals surface area contributed by atoms with Crippen LogP contribution in [0.1, 0.15) is 20.3 Å². The van der Waals surface area contributed by atoms with Gasteiger partial charge in [-0.3, -0.25) is 0 Å². The summed E-state index contributed by atoms with van der Waals surface area (Å²) in [5, 5.41) is 0. The molecule has 0 saturated heterocycles. The number of rotatable bonds is 7. The summed E-state index contributed by atoms with van der Waals surface area (Å²) in [6, 6.07) is 3.76. The Morgan fingerprint density at radius 3 is 2.65 bits per heavy atom. The Bertz CT molecular complexity index is 549. The van der Waals surface area contributed by atoms with E-state index in [1.54, 1.807) is 0 Å². The van der Waals surface area contributed by atoms with Crippen LogP contribution in [0.15, 0.2) is 23.1 Å². The summed E-state index contributed by atoms with van der Waals surface area (Å²) in [5.41, 5.74) is 5.20. The third-order valence-electron chi connectivity index (χ3n) is 3.38. The third-order valence-corrected chi connectivity index (χ3v) is 4.84. The molecule has 5 nitrogen and oxygen atoms in total. The van der Waals surface area contributed by atoms with Crippen molar-refractivity contribution >= 4 is 15.7 Å². The van der Waals surface area contributed by atoms with Crippen molar-refractivity contribution in [2.75, 3.05) is 25.9 Å². The normalized spacial score (nSPS) is 13.7. The topological polar surface area (TPSA) is 75.4 Å². The van der Waals surface area contributed by atoms with Gasteiger partial charge in [0.15, 0.2) is 0 Å². The van der Waals surface area contributed by atoms with E-state index in [2.05, 4.69) is 23.5 Å². The number of hydrogen-bond donors (Lipinski definition) is 2. The second kappa shape index (κ2) is 7.01. The lowest BCUT2D eigenvalue weighted by Gasteiger charge is -2.23. The Hall–Kier alpha value is -1.18. The van der Waals surface area contributed by atoms with Gasteiger partial charge in [-0.2, -0.15) is 0 Å². The van der Waals surface area contributed by atoms with Gasteiger partial charge < -0.3 is 10.6 Å². The Morgan fingerprint density at radius 1 is 1.45 bits per heavy atom. The standard InChI is InChI=1S/C13H22FN3O2S/c1-4-10(2)17(3)8-7-16-20(18,19)11-5-6-12(14)13(15)9-11/h5-6,9-10,16H,4,7-8,15H2,1-3H3. The van der Waals surface area contributed by atoms with Crippen LogP contribution in [0.2, 0.25) is 0 Å². The predicted molar refractivity (Wildman–Crippen MR) is 78.4 cm³/mol. The van der Waals surface area contributed by atoms with E-state index < -0.39 is 15.8 Å². The SMILES string of the molecule is CCC(C)N(C)CCNS(=O)(=O)c1ccc(F)c(N)c1. The van der Waals surface area contributed by atoms with E-state index in [9.17, 15) is 12.8 Å². The molecule has 3 N–H and O–H groups in total. The molecule has 0 heterocycles. The molecule has 0 radical (unpaired) electrons. The van der Waals surface area contributed by atoms with Crippen molar-refractivity contribution in [1.82, 2.24) is 9.62 Å². The number of nitrogens with one attached hydrogen (secondary N) is 1. The summed E-state index contributed by atoms with van der Waals surface area (Å²) in [6.07, 6.45) is 0.998. The average molecular weight is 303 g/mol. The largest absolute Gasteiger partial charge is 0.396 e. The number of nitrogens with two attached hydrogens (primary N) is 1. The van der Waals surface area contributed by atoms with Crippen molar-refractivity contribution in [2.24, 2.45) is 0 Å². The van der Waals surface area contributed by atoms with E-state index in [1.807, 2.05) is 7.05 Å². The molecule has 0 aliphatic carbocycles. The highest BCUT2D eigenvalue weighted by atomic mass is 32.2. The lowest BCUT2D eigenvalue weighted by atomic mass is 10.2. The van der Waals surface area contributed by atoms with E-state index in [-0.39, 0.29) is 10.6 Å². The summed E-state index contributed by atoms with van der Waals surface area (Å²) in [5.74, 6) is -0.625. The second-order valence-corrected chi connectivity index (χ2v) is 6.59. The molecule has 0 saturated carbocycles. The number of nitrogens with zero attached hydrogens (tertiary/aromatic N) is 1. The van der Waals surface area contributed by atoms with Gasteiger partial charge >= 0.3 is 0 Å². The third kappa shape index (κ3) is 4.43. The van der Waals surface area contributed by atoms with Crippen molar-refractivity contribution in [3.05, 3.63) is 24.0 Å². The van der Waals surface area contributed by atoms with Gasteiger partial charge in [-0.15, -0.1) is 0 Å². The first-order valence-corrected chi connectivity index (χ1v) is 8.01. The number of hydrogen-bond acceptors (Lipinski definition) is 4. The monoisotopic (exact) mass is 303 g/mol. The zero-order valence-electron chi connectivity index (χ0n) is 12.1. The van der Waals surface area contributed by atoms with Gasteiger partial charge in [0.05, 0.1) is 10.6 Å². The molecular formula is C13H22FN3O2S. The lowest BCUT2D eigenvalue weighted by molar-refractivity contribution is 0.256. The minimum atomic E-state index is -3.65. The molecule has 20 heavy (non-hydrogen) atoms. The zero-order chi connectivity index (χ0) is 15.3. The number of benzene rings is 1. The van der Waals surface area contributed by atoms with Crippen molar-refractivity contribution in [2.45, 2.75) is 31.2 Å². The van der Waals surface area contributed by atoms with Crippen LogP contribution in [0.5, 0.6) is 0 Å². The van der Waals surface area contributed by atoms with Crippen LogP contribution in [0, 0.1) is 5.82 Å². The summed E-state index contributed by atoms with van der Waals surface area (Å²) in [7, 11) is -1.71. The summed E-state index contributed by atoms with van der Waals surface area (Å²) < 4.78 is 39.5. The van der Waals surface area contributed by atoms with E-state index >= 15 is 0 Å². The first-order valence-electron chi connectivity index (χ1n) is 6.53. The van der Waals surface area contributed by atoms with Gasteiger partial charge in [-0.25, -0.2) is 17.5 Å². The molecule has 0 aromatic heterocycles. The van der Waals surface area contributed by atoms with Crippen molar-refractivity contribution in [1.29, 1.82) is 0 Å². The van der Waals surface area contributed by atoms with Crippen LogP contribution in [0.25, 0.3) is 0 Å². The molecule has 7 heteroatoms. The Kier molecular flexibility index (Phi) is 5.91. The fourth-order valence-electron chi connectivity index (χ4n) is 1.66. The summed E-state index contributed by atoms with van der Waals surface area (Å²) in [6.45, 7) is 5.05. The minimum Gasteiger partial charge on any atom is -0.396 e. The number of nitrogen functional groups attached to an aromatic ring is 1. The summed E-state index contributed by atoms with van der Waals surface area (Å²) >= 11 is 0. The van der Waals surface area contributed by atoms with E-state index in [0.717, 1.165) is 18.6 Å². The number of anilines is 1. The van der Waals surface area contributed by atoms with Gasteiger partial charge in [-0.05, 0) is 38.6 Å². The molecule has 0 aliphatic rings. The highest BCUT2D eigenvalue weighted by molar-refractivity contribution is 7.89. The second-order valence-electron chi connectivity index (χ2n) is 4.82. The quantitative estimate of drug-likeness (QED) is 0.747. The smallest absolute Gasteiger partial charge is 0.240 e. The van der Waals surface area contributed by atoms with Crippen molar-refractivity contribution in [3.63, 3.8) is 0 Å². The molecule has 0 aliphatic heterocycles. The van der Waals surface area contributed by atoms with Crippen molar-refractivity contribution in [3.8, 4) is 0 Å². The van der Waals surface area contributed by atoms with Gasteiger partial charge in [-0.1, -0.05) is 6.92 Å². The Balaban J connectivity index is 2.64. The molecule has 114 valence electrons. The van der Waals surface area contributed by atoms with E-state index in [4.69, 9.17) is 5.73 Å². The van der Waals surface area contributed by atoms with Crippen LogP contribution >= 0.6 is 0 Å².